The smallest absolute Gasteiger partial charge is 0.407 e. The lowest BCUT2D eigenvalue weighted by atomic mass is 9.88. The molecule has 0 aromatic carbocycles. The molecule has 0 spiro atoms. The Morgan fingerprint density at radius 3 is 1.39 bits per heavy atom. The Morgan fingerprint density at radius 1 is 0.645 bits per heavy atom. The highest BCUT2D eigenvalue weighted by molar-refractivity contribution is 5.69. The van der Waals surface area contributed by atoms with Gasteiger partial charge in [0, 0.05) is 13.1 Å². The summed E-state index contributed by atoms with van der Waals surface area (Å²) in [6.45, 7) is 20.4. The zero-order valence-corrected chi connectivity index (χ0v) is 21.1. The van der Waals surface area contributed by atoms with Gasteiger partial charge in [-0.1, -0.05) is 13.8 Å². The summed E-state index contributed by atoms with van der Waals surface area (Å²) in [6.07, 6.45) is -1.66. The van der Waals surface area contributed by atoms with Crippen molar-refractivity contribution in [1.29, 1.82) is 0 Å². The minimum Gasteiger partial charge on any atom is -0.444 e. The molecule has 9 heteroatoms. The Bertz CT molecular complexity index is 602. The van der Waals surface area contributed by atoms with Crippen molar-refractivity contribution in [2.24, 2.45) is 11.8 Å². The minimum absolute atomic E-state index is 0.0344. The predicted octanol–water partition coefficient (Wildman–Crippen LogP) is 4.20. The Hall–Kier alpha value is -2.19. The molecule has 3 atom stereocenters. The molecule has 0 saturated carbocycles. The summed E-state index contributed by atoms with van der Waals surface area (Å²) in [4.78, 5) is 36.3. The van der Waals surface area contributed by atoms with E-state index in [4.69, 9.17) is 14.2 Å². The summed E-state index contributed by atoms with van der Waals surface area (Å²) in [7, 11) is 0. The SMILES string of the molecule is CC(CNC(=O)OC(C)(C)C)C(C)C(CNC(=O)OC(C)(C)C)NC(=O)OC(C)(C)C. The van der Waals surface area contributed by atoms with Crippen molar-refractivity contribution in [3.8, 4) is 0 Å². The second-order valence-corrected chi connectivity index (χ2v) is 10.9. The van der Waals surface area contributed by atoms with Gasteiger partial charge in [0.05, 0.1) is 6.04 Å². The third-order valence-electron chi connectivity index (χ3n) is 4.07. The molecule has 0 aromatic rings. The molecule has 9 nitrogen and oxygen atoms in total. The van der Waals surface area contributed by atoms with Gasteiger partial charge >= 0.3 is 18.3 Å². The van der Waals surface area contributed by atoms with E-state index < -0.39 is 41.1 Å². The molecule has 0 rings (SSSR count). The van der Waals surface area contributed by atoms with E-state index in [2.05, 4.69) is 16.0 Å². The fourth-order valence-electron chi connectivity index (χ4n) is 2.48. The Morgan fingerprint density at radius 2 is 1.00 bits per heavy atom. The van der Waals surface area contributed by atoms with E-state index in [1.54, 1.807) is 62.3 Å². The van der Waals surface area contributed by atoms with Crippen molar-refractivity contribution < 1.29 is 28.6 Å². The Kier molecular flexibility index (Phi) is 10.6. The van der Waals surface area contributed by atoms with Crippen molar-refractivity contribution in [1.82, 2.24) is 16.0 Å². The quantitative estimate of drug-likeness (QED) is 0.506. The normalized spacial score (nSPS) is 15.2. The van der Waals surface area contributed by atoms with Gasteiger partial charge in [0.2, 0.25) is 0 Å². The summed E-state index contributed by atoms with van der Waals surface area (Å²) in [5.74, 6) is -0.148. The van der Waals surface area contributed by atoms with Crippen LogP contribution in [0, 0.1) is 11.8 Å². The van der Waals surface area contributed by atoms with Crippen LogP contribution in [0.15, 0.2) is 0 Å². The molecular formula is C22H43N3O6. The molecule has 0 saturated heterocycles. The minimum atomic E-state index is -0.652. The van der Waals surface area contributed by atoms with Crippen molar-refractivity contribution in [3.63, 3.8) is 0 Å². The molecule has 0 radical (unpaired) electrons. The van der Waals surface area contributed by atoms with E-state index >= 15 is 0 Å². The van der Waals surface area contributed by atoms with E-state index in [0.29, 0.717) is 6.54 Å². The summed E-state index contributed by atoms with van der Waals surface area (Å²) in [6, 6.07) is -0.446. The first-order chi connectivity index (χ1) is 13.8. The number of carbonyl (C=O) groups excluding carboxylic acids is 3. The number of hydrogen-bond donors (Lipinski definition) is 3. The molecule has 3 amide bonds. The third-order valence-corrected chi connectivity index (χ3v) is 4.07. The van der Waals surface area contributed by atoms with Gasteiger partial charge in [0.15, 0.2) is 0 Å². The first-order valence-electron chi connectivity index (χ1n) is 10.7. The van der Waals surface area contributed by atoms with Crippen LogP contribution in [-0.4, -0.2) is 54.2 Å². The second-order valence-electron chi connectivity index (χ2n) is 10.9. The Labute approximate surface area is 187 Å². The second kappa shape index (κ2) is 11.4. The van der Waals surface area contributed by atoms with Gasteiger partial charge in [-0.25, -0.2) is 14.4 Å². The van der Waals surface area contributed by atoms with Gasteiger partial charge in [-0.15, -0.1) is 0 Å². The van der Waals surface area contributed by atoms with Crippen molar-refractivity contribution in [3.05, 3.63) is 0 Å². The lowest BCUT2D eigenvalue weighted by Crippen LogP contribution is -2.51. The topological polar surface area (TPSA) is 115 Å². The molecule has 0 aliphatic rings. The van der Waals surface area contributed by atoms with Crippen LogP contribution in [0.25, 0.3) is 0 Å². The molecular weight excluding hydrogens is 402 g/mol. The molecule has 182 valence electrons. The monoisotopic (exact) mass is 445 g/mol. The lowest BCUT2D eigenvalue weighted by molar-refractivity contribution is 0.0427. The number of nitrogens with one attached hydrogen (secondary N) is 3. The van der Waals surface area contributed by atoms with Crippen molar-refractivity contribution in [2.75, 3.05) is 13.1 Å². The maximum atomic E-state index is 12.3. The molecule has 0 fully saturated rings. The molecule has 0 aromatic heterocycles. The Balaban J connectivity index is 5.07. The van der Waals surface area contributed by atoms with Crippen LogP contribution in [0.5, 0.6) is 0 Å². The fourth-order valence-corrected chi connectivity index (χ4v) is 2.48. The average Bonchev–Trinajstić information content (AvgIpc) is 2.50. The highest BCUT2D eigenvalue weighted by Crippen LogP contribution is 2.17. The lowest BCUT2D eigenvalue weighted by Gasteiger charge is -2.31. The molecule has 0 heterocycles. The first-order valence-corrected chi connectivity index (χ1v) is 10.7. The number of alkyl carbamates (subject to hydrolysis) is 3. The van der Waals surface area contributed by atoms with Gasteiger partial charge in [-0.3, -0.25) is 0 Å². The van der Waals surface area contributed by atoms with Gasteiger partial charge in [-0.2, -0.15) is 0 Å². The maximum Gasteiger partial charge on any atom is 0.407 e. The van der Waals surface area contributed by atoms with E-state index in [-0.39, 0.29) is 18.4 Å². The average molecular weight is 446 g/mol. The van der Waals surface area contributed by atoms with Crippen LogP contribution in [0.1, 0.15) is 76.2 Å². The molecule has 0 aliphatic heterocycles. The van der Waals surface area contributed by atoms with E-state index in [1.165, 1.54) is 0 Å². The highest BCUT2D eigenvalue weighted by atomic mass is 16.6. The first kappa shape index (κ1) is 28.8. The van der Waals surface area contributed by atoms with E-state index in [1.807, 2.05) is 13.8 Å². The molecule has 0 bridgehead atoms. The largest absolute Gasteiger partial charge is 0.444 e. The van der Waals surface area contributed by atoms with E-state index in [9.17, 15) is 14.4 Å². The standard InChI is InChI=1S/C22H43N3O6/c1-14(12-23-17(26)29-20(3,4)5)15(2)16(25-19(28)31-22(9,10)11)13-24-18(27)30-21(6,7)8/h14-16H,12-13H2,1-11H3,(H,23,26)(H,24,27)(H,25,28). The number of carbonyl (C=O) groups is 3. The van der Waals surface area contributed by atoms with Gasteiger partial charge in [0.25, 0.3) is 0 Å². The third kappa shape index (κ3) is 15.3. The maximum absolute atomic E-state index is 12.3. The van der Waals surface area contributed by atoms with Gasteiger partial charge in [-0.05, 0) is 74.1 Å². The molecule has 31 heavy (non-hydrogen) atoms. The zero-order valence-electron chi connectivity index (χ0n) is 21.1. The zero-order chi connectivity index (χ0) is 24.6. The van der Waals surface area contributed by atoms with Crippen LogP contribution < -0.4 is 16.0 Å². The van der Waals surface area contributed by atoms with Crippen LogP contribution >= 0.6 is 0 Å². The number of amides is 3. The van der Waals surface area contributed by atoms with Crippen molar-refractivity contribution in [2.45, 2.75) is 99.0 Å². The summed E-state index contributed by atoms with van der Waals surface area (Å²) in [5, 5.41) is 8.26. The van der Waals surface area contributed by atoms with Crippen LogP contribution in [0.2, 0.25) is 0 Å². The number of rotatable bonds is 7. The fraction of sp³-hybridized carbons (Fsp3) is 0.864. The molecule has 3 unspecified atom stereocenters. The van der Waals surface area contributed by atoms with Crippen molar-refractivity contribution >= 4 is 18.3 Å². The number of ether oxygens (including phenoxy) is 3. The molecule has 3 N–H and O–H groups in total. The van der Waals surface area contributed by atoms with Gasteiger partial charge in [0.1, 0.15) is 16.8 Å². The number of hydrogen-bond acceptors (Lipinski definition) is 6. The van der Waals surface area contributed by atoms with Gasteiger partial charge < -0.3 is 30.2 Å². The summed E-state index contributed by atoms with van der Waals surface area (Å²) >= 11 is 0. The van der Waals surface area contributed by atoms with Crippen LogP contribution in [0.4, 0.5) is 14.4 Å². The highest BCUT2D eigenvalue weighted by Gasteiger charge is 2.28. The van der Waals surface area contributed by atoms with E-state index in [0.717, 1.165) is 0 Å². The van der Waals surface area contributed by atoms with Crippen LogP contribution in [0.3, 0.4) is 0 Å². The predicted molar refractivity (Wildman–Crippen MR) is 120 cm³/mol. The van der Waals surface area contributed by atoms with Crippen LogP contribution in [-0.2, 0) is 14.2 Å². The summed E-state index contributed by atoms with van der Waals surface area (Å²) in [5.41, 5.74) is -1.87. The molecule has 0 aliphatic carbocycles. The summed E-state index contributed by atoms with van der Waals surface area (Å²) < 4.78 is 15.9.